The standard InChI is InChI=1S/C18H29NO6/c1-13(8-6-7-9-16(20)21)14(2)10-18(24)25-15(11-17(22)23)12-19(3,4)5/h15H,1-2,6-12H2,3-5H3,(H-,20,21,22,23). The first-order valence-corrected chi connectivity index (χ1v) is 8.18. The molecule has 0 fully saturated rings. The number of carboxylic acid groups (broad SMARTS) is 2. The van der Waals surface area contributed by atoms with E-state index in [0.717, 1.165) is 0 Å². The van der Waals surface area contributed by atoms with Crippen LogP contribution in [0.5, 0.6) is 0 Å². The molecule has 0 aliphatic rings. The number of esters is 1. The molecule has 142 valence electrons. The van der Waals surface area contributed by atoms with Gasteiger partial charge in [0, 0.05) is 18.8 Å². The minimum atomic E-state index is -1.27. The van der Waals surface area contributed by atoms with Crippen molar-refractivity contribution >= 4 is 17.9 Å². The second-order valence-electron chi connectivity index (χ2n) is 7.15. The smallest absolute Gasteiger partial charge is 0.310 e. The predicted molar refractivity (Wildman–Crippen MR) is 91.4 cm³/mol. The molecule has 0 aromatic heterocycles. The van der Waals surface area contributed by atoms with E-state index < -0.39 is 24.0 Å². The SMILES string of the molecule is C=C(CCCCC(=O)O)C(=C)CC(=O)OC(CC(=O)[O-])C[N+](C)(C)C. The molecule has 7 heteroatoms. The maximum atomic E-state index is 12.0. The molecule has 0 spiro atoms. The fourth-order valence-corrected chi connectivity index (χ4v) is 2.26. The Bertz CT molecular complexity index is 518. The summed E-state index contributed by atoms with van der Waals surface area (Å²) in [5, 5.41) is 19.4. The van der Waals surface area contributed by atoms with Crippen molar-refractivity contribution in [3.05, 3.63) is 24.3 Å². The van der Waals surface area contributed by atoms with Gasteiger partial charge in [0.1, 0.15) is 6.54 Å². The summed E-state index contributed by atoms with van der Waals surface area (Å²) >= 11 is 0. The molecule has 1 N–H and O–H groups in total. The molecule has 0 aromatic carbocycles. The Labute approximate surface area is 149 Å². The van der Waals surface area contributed by atoms with Gasteiger partial charge in [0.05, 0.1) is 27.6 Å². The van der Waals surface area contributed by atoms with E-state index in [1.165, 1.54) is 0 Å². The van der Waals surface area contributed by atoms with Crippen LogP contribution in [-0.2, 0) is 19.1 Å². The molecule has 1 unspecified atom stereocenters. The third kappa shape index (κ3) is 12.9. The molecule has 0 aromatic rings. The van der Waals surface area contributed by atoms with Gasteiger partial charge in [-0.05, 0) is 24.8 Å². The van der Waals surface area contributed by atoms with Crippen molar-refractivity contribution in [2.75, 3.05) is 27.7 Å². The Balaban J connectivity index is 4.42. The summed E-state index contributed by atoms with van der Waals surface area (Å²) in [6.07, 6.45) is 0.632. The Morgan fingerprint density at radius 1 is 1.08 bits per heavy atom. The number of aliphatic carboxylic acids is 2. The highest BCUT2D eigenvalue weighted by molar-refractivity contribution is 5.74. The zero-order chi connectivity index (χ0) is 19.6. The molecular formula is C18H29NO6. The van der Waals surface area contributed by atoms with Crippen LogP contribution >= 0.6 is 0 Å². The molecule has 7 nitrogen and oxygen atoms in total. The van der Waals surface area contributed by atoms with E-state index in [-0.39, 0.29) is 19.3 Å². The van der Waals surface area contributed by atoms with Crippen LogP contribution in [-0.4, -0.2) is 61.3 Å². The number of unbranched alkanes of at least 4 members (excludes halogenated alkanes) is 1. The summed E-state index contributed by atoms with van der Waals surface area (Å²) in [5.74, 6) is -2.67. The molecule has 1 atom stereocenters. The largest absolute Gasteiger partial charge is 0.550 e. The summed E-state index contributed by atoms with van der Waals surface area (Å²) in [6.45, 7) is 8.00. The fourth-order valence-electron chi connectivity index (χ4n) is 2.26. The number of allylic oxidation sites excluding steroid dienone is 1. The summed E-state index contributed by atoms with van der Waals surface area (Å²) in [6, 6.07) is 0. The Morgan fingerprint density at radius 3 is 2.12 bits per heavy atom. The first-order chi connectivity index (χ1) is 11.4. The lowest BCUT2D eigenvalue weighted by atomic mass is 10.00. The molecule has 0 amide bonds. The number of hydrogen-bond acceptors (Lipinski definition) is 5. The van der Waals surface area contributed by atoms with Crippen molar-refractivity contribution in [3.8, 4) is 0 Å². The number of likely N-dealkylation sites (N-methyl/N-ethyl adjacent to an activating group) is 1. The van der Waals surface area contributed by atoms with Gasteiger partial charge in [-0.15, -0.1) is 0 Å². The van der Waals surface area contributed by atoms with Crippen LogP contribution in [0.3, 0.4) is 0 Å². The molecule has 0 heterocycles. The molecule has 0 saturated heterocycles. The Kier molecular flexibility index (Phi) is 9.74. The number of carbonyl (C=O) groups excluding carboxylic acids is 2. The minimum Gasteiger partial charge on any atom is -0.550 e. The van der Waals surface area contributed by atoms with Crippen molar-refractivity contribution in [3.63, 3.8) is 0 Å². The highest BCUT2D eigenvalue weighted by Crippen LogP contribution is 2.18. The second kappa shape index (κ2) is 10.7. The van der Waals surface area contributed by atoms with Crippen molar-refractivity contribution in [2.45, 2.75) is 44.6 Å². The van der Waals surface area contributed by atoms with Crippen LogP contribution in [0.2, 0.25) is 0 Å². The second-order valence-corrected chi connectivity index (χ2v) is 7.15. The summed E-state index contributed by atoms with van der Waals surface area (Å²) < 4.78 is 5.71. The van der Waals surface area contributed by atoms with Gasteiger partial charge < -0.3 is 24.2 Å². The zero-order valence-electron chi connectivity index (χ0n) is 15.4. The maximum Gasteiger partial charge on any atom is 0.310 e. The van der Waals surface area contributed by atoms with Crippen molar-refractivity contribution in [1.82, 2.24) is 0 Å². The maximum absolute atomic E-state index is 12.0. The van der Waals surface area contributed by atoms with E-state index in [9.17, 15) is 19.5 Å². The molecule has 0 saturated carbocycles. The number of carbonyl (C=O) groups is 3. The molecule has 0 aliphatic carbocycles. The Hall–Kier alpha value is -2.15. The number of hydrogen-bond donors (Lipinski definition) is 1. The molecule has 0 rings (SSSR count). The lowest BCUT2D eigenvalue weighted by molar-refractivity contribution is -0.873. The number of carboxylic acids is 2. The van der Waals surface area contributed by atoms with Gasteiger partial charge in [-0.25, -0.2) is 0 Å². The molecule has 25 heavy (non-hydrogen) atoms. The molecule has 0 bridgehead atoms. The predicted octanol–water partition coefficient (Wildman–Crippen LogP) is 0.892. The minimum absolute atomic E-state index is 0.0710. The quantitative estimate of drug-likeness (QED) is 0.228. The Morgan fingerprint density at radius 2 is 1.64 bits per heavy atom. The van der Waals surface area contributed by atoms with Crippen LogP contribution in [0.1, 0.15) is 38.5 Å². The average Bonchev–Trinajstić information content (AvgIpc) is 2.39. The first-order valence-electron chi connectivity index (χ1n) is 8.18. The number of quaternary nitrogens is 1. The van der Waals surface area contributed by atoms with E-state index in [4.69, 9.17) is 9.84 Å². The van der Waals surface area contributed by atoms with E-state index in [1.54, 1.807) is 0 Å². The van der Waals surface area contributed by atoms with Gasteiger partial charge in [0.25, 0.3) is 0 Å². The lowest BCUT2D eigenvalue weighted by Gasteiger charge is -2.29. The lowest BCUT2D eigenvalue weighted by Crippen LogP contribution is -2.45. The van der Waals surface area contributed by atoms with Gasteiger partial charge in [-0.2, -0.15) is 0 Å². The van der Waals surface area contributed by atoms with Crippen molar-refractivity contribution in [2.24, 2.45) is 0 Å². The van der Waals surface area contributed by atoms with Gasteiger partial charge >= 0.3 is 11.9 Å². The molecular weight excluding hydrogens is 326 g/mol. The van der Waals surface area contributed by atoms with Gasteiger partial charge in [0.2, 0.25) is 0 Å². The van der Waals surface area contributed by atoms with Crippen molar-refractivity contribution in [1.29, 1.82) is 0 Å². The normalized spacial score (nSPS) is 12.3. The van der Waals surface area contributed by atoms with Crippen LogP contribution in [0.4, 0.5) is 0 Å². The number of nitrogens with zero attached hydrogens (tertiary/aromatic N) is 1. The van der Waals surface area contributed by atoms with E-state index in [0.29, 0.717) is 41.4 Å². The average molecular weight is 355 g/mol. The van der Waals surface area contributed by atoms with Crippen LogP contribution in [0.15, 0.2) is 24.3 Å². The van der Waals surface area contributed by atoms with Crippen LogP contribution in [0, 0.1) is 0 Å². The van der Waals surface area contributed by atoms with Gasteiger partial charge in [-0.1, -0.05) is 18.7 Å². The number of ether oxygens (including phenoxy) is 1. The third-order valence-electron chi connectivity index (χ3n) is 3.42. The summed E-state index contributed by atoms with van der Waals surface area (Å²) in [4.78, 5) is 33.3. The van der Waals surface area contributed by atoms with Gasteiger partial charge in [-0.3, -0.25) is 9.59 Å². The number of rotatable bonds is 13. The molecule has 0 radical (unpaired) electrons. The van der Waals surface area contributed by atoms with Crippen molar-refractivity contribution < 1.29 is 33.8 Å². The molecule has 0 aliphatic heterocycles. The highest BCUT2D eigenvalue weighted by Gasteiger charge is 2.23. The summed E-state index contributed by atoms with van der Waals surface area (Å²) in [7, 11) is 5.61. The van der Waals surface area contributed by atoms with Crippen LogP contribution < -0.4 is 5.11 Å². The van der Waals surface area contributed by atoms with Crippen LogP contribution in [0.25, 0.3) is 0 Å². The third-order valence-corrected chi connectivity index (χ3v) is 3.42. The van der Waals surface area contributed by atoms with E-state index >= 15 is 0 Å². The van der Waals surface area contributed by atoms with E-state index in [1.807, 2.05) is 21.1 Å². The fraction of sp³-hybridized carbons (Fsp3) is 0.611. The first kappa shape index (κ1) is 22.9. The highest BCUT2D eigenvalue weighted by atomic mass is 16.5. The van der Waals surface area contributed by atoms with E-state index in [2.05, 4.69) is 13.2 Å². The monoisotopic (exact) mass is 355 g/mol. The summed E-state index contributed by atoms with van der Waals surface area (Å²) in [5.41, 5.74) is 1.18. The topological polar surface area (TPSA) is 104 Å². The van der Waals surface area contributed by atoms with Gasteiger partial charge in [0.15, 0.2) is 6.10 Å². The zero-order valence-corrected chi connectivity index (χ0v) is 15.4.